The van der Waals surface area contributed by atoms with Crippen molar-refractivity contribution in [1.82, 2.24) is 9.47 Å². The first-order valence-electron chi connectivity index (χ1n) is 8.89. The lowest BCUT2D eigenvalue weighted by Crippen LogP contribution is -2.38. The molecule has 4 nitrogen and oxygen atoms in total. The first kappa shape index (κ1) is 15.9. The SMILES string of the molecule is C[C@@H]1c2cccn2CCN1CCC(=O)Nc1cccc2ccccc12. The summed E-state index contributed by atoms with van der Waals surface area (Å²) in [6.45, 7) is 4.98. The summed E-state index contributed by atoms with van der Waals surface area (Å²) in [6, 6.07) is 18.8. The maximum Gasteiger partial charge on any atom is 0.225 e. The fourth-order valence-electron chi connectivity index (χ4n) is 3.72. The van der Waals surface area contributed by atoms with Gasteiger partial charge in [-0.3, -0.25) is 9.69 Å². The molecule has 3 aromatic rings. The zero-order valence-electron chi connectivity index (χ0n) is 14.5. The van der Waals surface area contributed by atoms with E-state index in [0.29, 0.717) is 12.5 Å². The Morgan fingerprint density at radius 2 is 1.92 bits per heavy atom. The summed E-state index contributed by atoms with van der Waals surface area (Å²) >= 11 is 0. The summed E-state index contributed by atoms with van der Waals surface area (Å²) in [5.41, 5.74) is 2.23. The standard InChI is InChI=1S/C21H23N3O/c1-16-20-10-5-12-24(20)15-14-23(16)13-11-21(25)22-19-9-4-7-17-6-2-3-8-18(17)19/h2-10,12,16H,11,13-15H2,1H3,(H,22,25)/t16-/m1/s1. The molecule has 1 amide bonds. The Labute approximate surface area is 148 Å². The highest BCUT2D eigenvalue weighted by Crippen LogP contribution is 2.26. The number of aromatic nitrogens is 1. The number of carbonyl (C=O) groups is 1. The number of amides is 1. The van der Waals surface area contributed by atoms with Gasteiger partial charge in [-0.25, -0.2) is 0 Å². The van der Waals surface area contributed by atoms with E-state index in [1.165, 1.54) is 5.69 Å². The van der Waals surface area contributed by atoms with Crippen LogP contribution in [0.15, 0.2) is 60.8 Å². The predicted octanol–water partition coefficient (Wildman–Crippen LogP) is 4.05. The van der Waals surface area contributed by atoms with Crippen molar-refractivity contribution < 1.29 is 4.79 Å². The number of hydrogen-bond acceptors (Lipinski definition) is 2. The van der Waals surface area contributed by atoms with Gasteiger partial charge in [-0.2, -0.15) is 0 Å². The van der Waals surface area contributed by atoms with Gasteiger partial charge in [0.2, 0.25) is 5.91 Å². The van der Waals surface area contributed by atoms with Crippen molar-refractivity contribution in [3.63, 3.8) is 0 Å². The molecule has 1 aliphatic heterocycles. The Hall–Kier alpha value is -2.59. The average molecular weight is 333 g/mol. The molecule has 4 heteroatoms. The van der Waals surface area contributed by atoms with Gasteiger partial charge in [0.05, 0.1) is 0 Å². The molecule has 0 fully saturated rings. The van der Waals surface area contributed by atoms with Crippen LogP contribution in [0.25, 0.3) is 10.8 Å². The van der Waals surface area contributed by atoms with Crippen molar-refractivity contribution >= 4 is 22.4 Å². The van der Waals surface area contributed by atoms with Crippen LogP contribution in [0.4, 0.5) is 5.69 Å². The van der Waals surface area contributed by atoms with Crippen LogP contribution >= 0.6 is 0 Å². The lowest BCUT2D eigenvalue weighted by molar-refractivity contribution is -0.116. The summed E-state index contributed by atoms with van der Waals surface area (Å²) in [5, 5.41) is 5.31. The van der Waals surface area contributed by atoms with Crippen LogP contribution in [-0.4, -0.2) is 28.5 Å². The van der Waals surface area contributed by atoms with Gasteiger partial charge in [0.15, 0.2) is 0 Å². The van der Waals surface area contributed by atoms with Crippen molar-refractivity contribution in [2.45, 2.75) is 25.9 Å². The van der Waals surface area contributed by atoms with Crippen molar-refractivity contribution in [3.05, 3.63) is 66.5 Å². The third kappa shape index (κ3) is 3.17. The van der Waals surface area contributed by atoms with E-state index >= 15 is 0 Å². The summed E-state index contributed by atoms with van der Waals surface area (Å²) < 4.78 is 2.30. The first-order chi connectivity index (χ1) is 12.2. The van der Waals surface area contributed by atoms with E-state index in [1.54, 1.807) is 0 Å². The summed E-state index contributed by atoms with van der Waals surface area (Å²) in [5.74, 6) is 0.0736. The Morgan fingerprint density at radius 3 is 2.84 bits per heavy atom. The smallest absolute Gasteiger partial charge is 0.225 e. The van der Waals surface area contributed by atoms with Gasteiger partial charge >= 0.3 is 0 Å². The lowest BCUT2D eigenvalue weighted by atomic mass is 10.1. The third-order valence-corrected chi connectivity index (χ3v) is 5.16. The molecular weight excluding hydrogens is 310 g/mol. The molecule has 0 saturated heterocycles. The number of hydrogen-bond donors (Lipinski definition) is 1. The van der Waals surface area contributed by atoms with Gasteiger partial charge in [-0.05, 0) is 30.5 Å². The molecule has 0 aliphatic carbocycles. The van der Waals surface area contributed by atoms with E-state index < -0.39 is 0 Å². The Bertz CT molecular complexity index is 894. The van der Waals surface area contributed by atoms with Crippen LogP contribution in [0.3, 0.4) is 0 Å². The molecule has 2 heterocycles. The average Bonchev–Trinajstić information content (AvgIpc) is 3.11. The maximum absolute atomic E-state index is 12.5. The van der Waals surface area contributed by atoms with Gasteiger partial charge in [0, 0.05) is 55.1 Å². The zero-order valence-corrected chi connectivity index (χ0v) is 14.5. The molecule has 1 atom stereocenters. The van der Waals surface area contributed by atoms with E-state index in [0.717, 1.165) is 36.1 Å². The highest BCUT2D eigenvalue weighted by atomic mass is 16.1. The molecule has 1 N–H and O–H groups in total. The molecule has 1 aromatic heterocycles. The second-order valence-corrected chi connectivity index (χ2v) is 6.66. The first-order valence-corrected chi connectivity index (χ1v) is 8.89. The largest absolute Gasteiger partial charge is 0.349 e. The molecule has 0 bridgehead atoms. The summed E-state index contributed by atoms with van der Waals surface area (Å²) in [6.07, 6.45) is 2.64. The quantitative estimate of drug-likeness (QED) is 0.782. The van der Waals surface area contributed by atoms with Gasteiger partial charge in [0.1, 0.15) is 0 Å². The predicted molar refractivity (Wildman–Crippen MR) is 102 cm³/mol. The van der Waals surface area contributed by atoms with E-state index in [1.807, 2.05) is 30.3 Å². The molecule has 2 aromatic carbocycles. The van der Waals surface area contributed by atoms with Crippen LogP contribution in [0.1, 0.15) is 25.1 Å². The fourth-order valence-corrected chi connectivity index (χ4v) is 3.72. The zero-order chi connectivity index (χ0) is 17.2. The van der Waals surface area contributed by atoms with Gasteiger partial charge in [-0.1, -0.05) is 36.4 Å². The van der Waals surface area contributed by atoms with Crippen molar-refractivity contribution in [1.29, 1.82) is 0 Å². The van der Waals surface area contributed by atoms with Crippen LogP contribution in [0.2, 0.25) is 0 Å². The number of benzene rings is 2. The minimum atomic E-state index is 0.0736. The highest BCUT2D eigenvalue weighted by Gasteiger charge is 2.23. The molecule has 0 saturated carbocycles. The normalized spacial score (nSPS) is 17.4. The molecule has 0 radical (unpaired) electrons. The number of carbonyl (C=O) groups excluding carboxylic acids is 1. The van der Waals surface area contributed by atoms with Crippen LogP contribution in [0.5, 0.6) is 0 Å². The summed E-state index contributed by atoms with van der Waals surface area (Å²) in [4.78, 5) is 14.8. The van der Waals surface area contributed by atoms with E-state index in [2.05, 4.69) is 52.2 Å². The molecule has 1 aliphatic rings. The van der Waals surface area contributed by atoms with Gasteiger partial charge < -0.3 is 9.88 Å². The number of fused-ring (bicyclic) bond motifs is 2. The third-order valence-electron chi connectivity index (χ3n) is 5.16. The molecule has 0 unspecified atom stereocenters. The number of anilines is 1. The minimum Gasteiger partial charge on any atom is -0.349 e. The lowest BCUT2D eigenvalue weighted by Gasteiger charge is -2.34. The van der Waals surface area contributed by atoms with Gasteiger partial charge in [-0.15, -0.1) is 0 Å². The number of nitrogens with one attached hydrogen (secondary N) is 1. The Morgan fingerprint density at radius 1 is 1.08 bits per heavy atom. The molecule has 4 rings (SSSR count). The molecular formula is C21H23N3O. The molecule has 25 heavy (non-hydrogen) atoms. The monoisotopic (exact) mass is 333 g/mol. The van der Waals surface area contributed by atoms with E-state index in [9.17, 15) is 4.79 Å². The minimum absolute atomic E-state index is 0.0736. The second-order valence-electron chi connectivity index (χ2n) is 6.66. The van der Waals surface area contributed by atoms with Gasteiger partial charge in [0.25, 0.3) is 0 Å². The molecule has 128 valence electrons. The maximum atomic E-state index is 12.5. The Kier molecular flexibility index (Phi) is 4.28. The number of nitrogens with zero attached hydrogens (tertiary/aromatic N) is 2. The molecule has 0 spiro atoms. The van der Waals surface area contributed by atoms with Crippen molar-refractivity contribution in [2.24, 2.45) is 0 Å². The van der Waals surface area contributed by atoms with Crippen LogP contribution in [-0.2, 0) is 11.3 Å². The van der Waals surface area contributed by atoms with E-state index in [4.69, 9.17) is 0 Å². The Balaban J connectivity index is 1.40. The number of rotatable bonds is 4. The van der Waals surface area contributed by atoms with Crippen LogP contribution < -0.4 is 5.32 Å². The van der Waals surface area contributed by atoms with E-state index in [-0.39, 0.29) is 5.91 Å². The highest BCUT2D eigenvalue weighted by molar-refractivity contribution is 6.02. The fraction of sp³-hybridized carbons (Fsp3) is 0.286. The van der Waals surface area contributed by atoms with Crippen LogP contribution in [0, 0.1) is 0 Å². The summed E-state index contributed by atoms with van der Waals surface area (Å²) in [7, 11) is 0. The van der Waals surface area contributed by atoms with Crippen molar-refractivity contribution in [2.75, 3.05) is 18.4 Å². The van der Waals surface area contributed by atoms with Crippen molar-refractivity contribution in [3.8, 4) is 0 Å². The topological polar surface area (TPSA) is 37.3 Å². The second kappa shape index (κ2) is 6.73.